The van der Waals surface area contributed by atoms with Gasteiger partial charge in [-0.15, -0.1) is 45.3 Å². The number of carbonyl (C=O) groups is 8. The smallest absolute Gasteiger partial charge is 0.338 e. The number of ether oxygens (including phenoxy) is 4. The molecule has 132 heavy (non-hydrogen) atoms. The van der Waals surface area contributed by atoms with Gasteiger partial charge in [0.05, 0.1) is 54.8 Å². The van der Waals surface area contributed by atoms with Gasteiger partial charge in [0.15, 0.2) is 43.4 Å². The number of rotatable bonds is 30. The number of aromatic nitrogens is 4. The number of hydrogen-bond donors (Lipinski definition) is 9. The summed E-state index contributed by atoms with van der Waals surface area (Å²) in [5, 5.41) is 69.4. The van der Waals surface area contributed by atoms with Gasteiger partial charge in [0.25, 0.3) is 0 Å². The number of nitrogens with one attached hydrogen (secondary N) is 4. The van der Waals surface area contributed by atoms with E-state index in [0.29, 0.717) is 123 Å². The van der Waals surface area contributed by atoms with Crippen molar-refractivity contribution in [1.82, 2.24) is 60.8 Å². The summed E-state index contributed by atoms with van der Waals surface area (Å²) in [5.41, 5.74) is 2.97. The molecule has 0 amide bonds. The van der Waals surface area contributed by atoms with E-state index < -0.39 is 125 Å². The molecule has 4 fully saturated rings. The number of thiazole rings is 4. The summed E-state index contributed by atoms with van der Waals surface area (Å²) in [5.74, 6) is -6.72. The Morgan fingerprint density at radius 1 is 0.462 bits per heavy atom. The molecule has 8 aromatic rings. The predicted molar refractivity (Wildman–Crippen MR) is 485 cm³/mol. The minimum Gasteiger partial charge on any atom is -0.481 e. The number of hydrogen-bond acceptors (Lipinski definition) is 33. The molecule has 46 heteroatoms. The summed E-state index contributed by atoms with van der Waals surface area (Å²) < 4.78 is 92.0. The minimum absolute atomic E-state index is 0.00187. The monoisotopic (exact) mass is 2060 g/mol. The second-order valence-electron chi connectivity index (χ2n) is 30.2. The van der Waals surface area contributed by atoms with E-state index in [1.54, 1.807) is 95.5 Å². The average molecular weight is 2070 g/mol. The minimum atomic E-state index is -1.59. The Kier molecular flexibility index (Phi) is 33.0. The molecule has 9 N–H and O–H groups in total. The predicted octanol–water partition coefficient (Wildman–Crippen LogP) is 11.9. The second kappa shape index (κ2) is 44.2. The number of esters is 4. The van der Waals surface area contributed by atoms with E-state index in [1.807, 2.05) is 5.38 Å². The van der Waals surface area contributed by atoms with Gasteiger partial charge in [0.1, 0.15) is 71.2 Å². The first-order chi connectivity index (χ1) is 63.2. The van der Waals surface area contributed by atoms with E-state index in [0.717, 1.165) is 12.1 Å². The van der Waals surface area contributed by atoms with Crippen LogP contribution in [0.2, 0.25) is 10.0 Å². The molecule has 0 spiro atoms. The molecular formula is C86H83Br2Cl2F5N16O17S4. The van der Waals surface area contributed by atoms with Crippen LogP contribution in [0.5, 0.6) is 0 Å². The summed E-state index contributed by atoms with van der Waals surface area (Å²) in [4.78, 5) is 140. The van der Waals surface area contributed by atoms with Crippen LogP contribution in [0.1, 0.15) is 120 Å². The molecule has 8 aliphatic rings. The number of aliphatic hydroxyl groups is 1. The molecule has 0 saturated carbocycles. The Morgan fingerprint density at radius 3 is 1.04 bits per heavy atom. The number of carbonyl (C=O) groups excluding carboxylic acids is 4. The molecule has 12 heterocycles. The Morgan fingerprint density at radius 2 is 0.773 bits per heavy atom. The SMILES string of the molecule is CCOC(=O)C1=C(CN2CC(F)(CCC(=O)O)C2)NC(c2nccs2)=N[C@H]1c1ccc(F)cc1Br.CCOC(=O)C1=C(CN2CC(O)C2C(=O)O)NC(c2nccs2)=N[C@H]1c1ccc(F)cc1Cl.CCOC(=O)C1=C(CN2CCC2C(=O)O)NC(c2nccs2)=N[C@H]1c1ccc(F)cc1Br.CCOC(=O)C1=C(CN2CCC2C(=O)O)NC(c2nccs2)=N[C@H]1c1ccc(F)cc1Cl. The highest BCUT2D eigenvalue weighted by atomic mass is 79.9. The molecule has 8 aliphatic heterocycles. The number of nitrogens with zero attached hydrogens (tertiary/aromatic N) is 12. The van der Waals surface area contributed by atoms with Crippen molar-refractivity contribution in [3.63, 3.8) is 0 Å². The van der Waals surface area contributed by atoms with Gasteiger partial charge in [0, 0.05) is 165 Å². The molecule has 8 atom stereocenters. The maximum Gasteiger partial charge on any atom is 0.338 e. The normalized spacial score (nSPS) is 21.0. The maximum atomic E-state index is 14.9. The largest absolute Gasteiger partial charge is 0.481 e. The number of benzene rings is 4. The number of carboxylic acid groups (broad SMARTS) is 4. The highest BCUT2D eigenvalue weighted by Gasteiger charge is 2.49. The van der Waals surface area contributed by atoms with E-state index in [2.05, 4.69) is 83.0 Å². The van der Waals surface area contributed by atoms with Crippen molar-refractivity contribution >= 4 is 172 Å². The van der Waals surface area contributed by atoms with Crippen LogP contribution in [-0.4, -0.2) is 251 Å². The molecule has 0 bridgehead atoms. The number of carboxylic acids is 4. The van der Waals surface area contributed by atoms with Crippen LogP contribution in [0.4, 0.5) is 22.0 Å². The number of aliphatic hydroxyl groups excluding tert-OH is 1. The summed E-state index contributed by atoms with van der Waals surface area (Å²) >= 11 is 24.8. The van der Waals surface area contributed by atoms with E-state index in [9.17, 15) is 80.7 Å². The fourth-order valence-electron chi connectivity index (χ4n) is 15.3. The lowest BCUT2D eigenvalue weighted by Gasteiger charge is -2.45. The summed E-state index contributed by atoms with van der Waals surface area (Å²) in [6.07, 6.45) is 6.22. The van der Waals surface area contributed by atoms with Crippen molar-refractivity contribution in [3.05, 3.63) is 249 Å². The first-order valence-electron chi connectivity index (χ1n) is 40.9. The third kappa shape index (κ3) is 23.2. The molecule has 696 valence electrons. The van der Waals surface area contributed by atoms with Crippen LogP contribution in [0.15, 0.2) is 193 Å². The Labute approximate surface area is 792 Å². The van der Waals surface area contributed by atoms with Crippen molar-refractivity contribution in [2.45, 2.75) is 107 Å². The lowest BCUT2D eigenvalue weighted by molar-refractivity contribution is -0.159. The van der Waals surface area contributed by atoms with Gasteiger partial charge in [-0.05, 0) is 107 Å². The first-order valence-corrected chi connectivity index (χ1v) is 46.7. The number of halogens is 9. The molecule has 4 aromatic heterocycles. The third-order valence-corrected chi connectivity index (χ3v) is 26.7. The summed E-state index contributed by atoms with van der Waals surface area (Å²) in [6, 6.07) is 10.2. The average Bonchev–Trinajstić information content (AvgIpc) is 0.914. The van der Waals surface area contributed by atoms with Crippen molar-refractivity contribution in [1.29, 1.82) is 0 Å². The molecule has 4 saturated heterocycles. The van der Waals surface area contributed by atoms with Crippen LogP contribution in [0.3, 0.4) is 0 Å². The first kappa shape index (κ1) is 98.5. The fraction of sp³-hybridized carbons (Fsp3) is 0.349. The van der Waals surface area contributed by atoms with E-state index in [1.165, 1.54) is 98.8 Å². The highest BCUT2D eigenvalue weighted by Crippen LogP contribution is 2.44. The van der Waals surface area contributed by atoms with Gasteiger partial charge in [-0.25, -0.2) is 61.1 Å². The lowest BCUT2D eigenvalue weighted by Crippen LogP contribution is -2.64. The maximum absolute atomic E-state index is 14.9. The van der Waals surface area contributed by atoms with Crippen molar-refractivity contribution in [2.24, 2.45) is 20.0 Å². The van der Waals surface area contributed by atoms with E-state index >= 15 is 0 Å². The van der Waals surface area contributed by atoms with Gasteiger partial charge in [-0.2, -0.15) is 0 Å². The Hall–Kier alpha value is -11.0. The standard InChI is InChI=1S/C23H23BrF2N4O4S.C21H20BrFN4O4S.C21H20ClFN4O5S.C21H20ClFN4O4S/c1-2-34-22(33)18-16(10-30-11-23(26,12-30)6-5-17(31)32)28-20(21-27-7-8-35-21)29-19(18)14-4-3-13(25)9-15(14)24;1-2-31-21(30)16-14(10-27-7-5-15(27)20(28)29)25-18(19-24-6-8-32-19)26-17(16)12-4-3-11(23)9-13(12)22;1-2-32-21(31)15-13(8-27-9-14(28)17(27)20(29)30)25-18(19-24-5-6-33-19)26-16(15)11-4-3-10(23)7-12(11)22;1-2-31-21(30)16-14(10-27-7-5-15(27)20(28)29)25-18(19-24-6-8-32-19)26-17(16)12-4-3-11(23)9-13(12)22/h3-4,7-9,19H,2,5-6,10-12H2,1H3,(H,28,29)(H,31,32);3-4,6,8-9,15,17H,2,5,7,10H2,1H3,(H,25,26)(H,28,29);3-7,14,16-17,28H,2,8-9H2,1H3,(H,25,26)(H,29,30);3-4,6,8-9,15,17H,2,5,7,10H2,1H3,(H,25,26)(H,28,29)/t19-;15?,17-;14?,16-,17?;15?,17-/m0000/s1. The quantitative estimate of drug-likeness (QED) is 0.0115. The van der Waals surface area contributed by atoms with Crippen LogP contribution in [-0.2, 0) is 57.3 Å². The van der Waals surface area contributed by atoms with Crippen molar-refractivity contribution < 1.29 is 105 Å². The molecule has 0 aliphatic carbocycles. The number of aliphatic carboxylic acids is 4. The van der Waals surface area contributed by atoms with Crippen molar-refractivity contribution in [2.75, 3.05) is 85.3 Å². The van der Waals surface area contributed by atoms with Crippen LogP contribution in [0.25, 0.3) is 0 Å². The van der Waals surface area contributed by atoms with Gasteiger partial charge < -0.3 is 65.7 Å². The Bertz CT molecular complexity index is 5780. The number of alkyl halides is 1. The highest BCUT2D eigenvalue weighted by molar-refractivity contribution is 9.10. The van der Waals surface area contributed by atoms with E-state index in [-0.39, 0.29) is 117 Å². The van der Waals surface area contributed by atoms with Crippen LogP contribution >= 0.6 is 100 Å². The molecule has 0 radical (unpaired) electrons. The molecule has 33 nitrogen and oxygen atoms in total. The summed E-state index contributed by atoms with van der Waals surface area (Å²) in [7, 11) is 0. The van der Waals surface area contributed by atoms with Gasteiger partial charge in [0.2, 0.25) is 0 Å². The van der Waals surface area contributed by atoms with Gasteiger partial charge >= 0.3 is 47.8 Å². The lowest BCUT2D eigenvalue weighted by atomic mass is 9.89. The van der Waals surface area contributed by atoms with Crippen LogP contribution < -0.4 is 21.3 Å². The van der Waals surface area contributed by atoms with E-state index in [4.69, 9.17) is 57.2 Å². The number of amidine groups is 4. The zero-order valence-corrected chi connectivity index (χ0v) is 78.2. The molecular weight excluding hydrogens is 1980 g/mol. The Balaban J connectivity index is 0.000000150. The van der Waals surface area contributed by atoms with Gasteiger partial charge in [-0.3, -0.25) is 58.7 Å². The fourth-order valence-corrected chi connectivity index (χ4v) is 19.3. The second-order valence-corrected chi connectivity index (χ2v) is 36.3. The number of β-amino-alcohol motifs (C(OH)–C–C–N with tert-alkyl or cyclic N) is 1. The van der Waals surface area contributed by atoms with Crippen LogP contribution in [0, 0.1) is 23.3 Å². The number of aliphatic imine (C=N–C) groups is 4. The molecule has 16 rings (SSSR count). The number of likely N-dealkylation sites (tertiary alicyclic amines) is 4. The summed E-state index contributed by atoms with van der Waals surface area (Å²) in [6.45, 7) is 9.21. The topological polar surface area (TPSA) is 437 Å². The van der Waals surface area contributed by atoms with Crippen molar-refractivity contribution in [3.8, 4) is 0 Å². The third-order valence-electron chi connectivity index (χ3n) is 21.6. The molecule has 4 unspecified atom stereocenters. The zero-order valence-electron chi connectivity index (χ0n) is 70.2. The molecule has 4 aromatic carbocycles. The van der Waals surface area contributed by atoms with Gasteiger partial charge in [-0.1, -0.05) is 79.3 Å². The zero-order chi connectivity index (χ0) is 94.5.